The monoisotopic (exact) mass is 1490 g/mol. The number of carbonyl (C=O) groups excluding carboxylic acids is 4. The summed E-state index contributed by atoms with van der Waals surface area (Å²) in [6.07, 6.45) is 62.4. The number of phosphoric ester groups is 2. The SMILES string of the molecule is CCCCCCCCCCCCCCCCCCCCCCC(=O)O[C@H](COC(=O)CCCCCCCCCCCCCCCCCC(C)C)COP(=O)(O)OC[C@@H](O)COP(=O)(O)OC[C@@H](COC(=O)CCCCCCCCCCC(C)CC)OC(=O)CCCCCCCCCCC(C)CC. The summed E-state index contributed by atoms with van der Waals surface area (Å²) in [4.78, 5) is 73.1. The van der Waals surface area contributed by atoms with Crippen molar-refractivity contribution in [1.29, 1.82) is 0 Å². The first-order valence-electron chi connectivity index (χ1n) is 42.9. The zero-order chi connectivity index (χ0) is 75.1. The predicted molar refractivity (Wildman–Crippen MR) is 418 cm³/mol. The third-order valence-corrected chi connectivity index (χ3v) is 22.0. The molecule has 0 rings (SSSR count). The van der Waals surface area contributed by atoms with Gasteiger partial charge in [-0.05, 0) is 43.4 Å². The van der Waals surface area contributed by atoms with Gasteiger partial charge in [0.05, 0.1) is 26.4 Å². The van der Waals surface area contributed by atoms with E-state index < -0.39 is 97.5 Å². The fraction of sp³-hybridized carbons (Fsp3) is 0.952. The molecule has 0 aromatic carbocycles. The number of unbranched alkanes of at least 4 members (excludes halogenated alkanes) is 47. The first-order chi connectivity index (χ1) is 49.3. The van der Waals surface area contributed by atoms with Gasteiger partial charge >= 0.3 is 39.5 Å². The molecular weight excluding hydrogens is 1330 g/mol. The highest BCUT2D eigenvalue weighted by Gasteiger charge is 2.30. The summed E-state index contributed by atoms with van der Waals surface area (Å²) in [5.74, 6) is 0.243. The highest BCUT2D eigenvalue weighted by Crippen LogP contribution is 2.45. The van der Waals surface area contributed by atoms with Gasteiger partial charge in [-0.3, -0.25) is 37.3 Å². The van der Waals surface area contributed by atoms with Gasteiger partial charge in [0.15, 0.2) is 12.2 Å². The van der Waals surface area contributed by atoms with Crippen LogP contribution in [0.4, 0.5) is 0 Å². The quantitative estimate of drug-likeness (QED) is 0.0222. The van der Waals surface area contributed by atoms with E-state index in [4.69, 9.17) is 37.0 Å². The second-order valence-electron chi connectivity index (χ2n) is 30.8. The Morgan fingerprint density at radius 2 is 0.500 bits per heavy atom. The molecule has 4 unspecified atom stereocenters. The van der Waals surface area contributed by atoms with Crippen molar-refractivity contribution in [2.75, 3.05) is 39.6 Å². The van der Waals surface area contributed by atoms with E-state index in [1.807, 2.05) is 0 Å². The lowest BCUT2D eigenvalue weighted by Gasteiger charge is -2.21. The van der Waals surface area contributed by atoms with Crippen molar-refractivity contribution >= 4 is 39.5 Å². The Balaban J connectivity index is 5.25. The van der Waals surface area contributed by atoms with Gasteiger partial charge < -0.3 is 33.8 Å². The normalized spacial score (nSPS) is 14.5. The van der Waals surface area contributed by atoms with Crippen LogP contribution < -0.4 is 0 Å². The third kappa shape index (κ3) is 73.6. The lowest BCUT2D eigenvalue weighted by molar-refractivity contribution is -0.161. The van der Waals surface area contributed by atoms with Crippen molar-refractivity contribution < 1.29 is 80.2 Å². The highest BCUT2D eigenvalue weighted by molar-refractivity contribution is 7.47. The smallest absolute Gasteiger partial charge is 0.462 e. The topological polar surface area (TPSA) is 237 Å². The summed E-state index contributed by atoms with van der Waals surface area (Å²) in [6, 6.07) is 0. The Bertz CT molecular complexity index is 1980. The van der Waals surface area contributed by atoms with Crippen molar-refractivity contribution in [3.8, 4) is 0 Å². The van der Waals surface area contributed by atoms with Crippen LogP contribution in [0.5, 0.6) is 0 Å². The molecule has 0 saturated carbocycles. The standard InChI is InChI=1S/C83H162O17P2/c1-8-11-12-13-14-15-16-17-18-19-20-21-22-25-29-32-35-45-52-59-66-82(87)99-78(70-93-80(85)64-57-50-43-34-31-28-26-23-24-27-30-33-40-47-54-61-74(4)5)72-97-101(89,90)95-68-77(84)69-96-102(91,92)98-73-79(100-83(88)67-60-53-46-39-37-42-49-56-63-76(7)10-3)71-94-81(86)65-58-51-44-38-36-41-48-55-62-75(6)9-2/h74-79,84H,8-73H2,1-7H3,(H,89,90)(H,91,92)/t75?,76?,77-,78-,79-/m1/s1. The van der Waals surface area contributed by atoms with Crippen LogP contribution in [-0.2, 0) is 65.4 Å². The summed E-state index contributed by atoms with van der Waals surface area (Å²) in [6.45, 7) is 12.0. The first kappa shape index (κ1) is 100. The Morgan fingerprint density at radius 3 is 0.745 bits per heavy atom. The molecule has 3 N–H and O–H groups in total. The van der Waals surface area contributed by atoms with Crippen molar-refractivity contribution in [3.63, 3.8) is 0 Å². The van der Waals surface area contributed by atoms with E-state index in [-0.39, 0.29) is 25.7 Å². The fourth-order valence-electron chi connectivity index (χ4n) is 12.8. The van der Waals surface area contributed by atoms with Gasteiger partial charge in [-0.25, -0.2) is 9.13 Å². The van der Waals surface area contributed by atoms with Crippen molar-refractivity contribution in [3.05, 3.63) is 0 Å². The predicted octanol–water partition coefficient (Wildman–Crippen LogP) is 24.9. The average Bonchev–Trinajstić information content (AvgIpc) is 0.920. The van der Waals surface area contributed by atoms with Crippen molar-refractivity contribution in [2.45, 2.75) is 452 Å². The number of ether oxygens (including phenoxy) is 4. The minimum atomic E-state index is -4.96. The molecule has 0 bridgehead atoms. The number of hydrogen-bond donors (Lipinski definition) is 3. The molecule has 0 aliphatic rings. The third-order valence-electron chi connectivity index (χ3n) is 20.1. The Labute approximate surface area is 626 Å². The maximum atomic E-state index is 13.1. The number of phosphoric acid groups is 2. The molecular formula is C83H162O17P2. The Hall–Kier alpha value is -1.94. The molecule has 0 fully saturated rings. The molecule has 0 radical (unpaired) electrons. The largest absolute Gasteiger partial charge is 0.472 e. The zero-order valence-corrected chi connectivity index (χ0v) is 68.9. The van der Waals surface area contributed by atoms with Crippen LogP contribution in [0, 0.1) is 17.8 Å². The number of rotatable bonds is 81. The molecule has 0 spiro atoms. The molecule has 17 nitrogen and oxygen atoms in total. The van der Waals surface area contributed by atoms with Gasteiger partial charge in [-0.2, -0.15) is 0 Å². The number of hydrogen-bond acceptors (Lipinski definition) is 15. The van der Waals surface area contributed by atoms with Gasteiger partial charge in [0.25, 0.3) is 0 Å². The van der Waals surface area contributed by atoms with Crippen molar-refractivity contribution in [2.24, 2.45) is 17.8 Å². The maximum Gasteiger partial charge on any atom is 0.472 e. The Morgan fingerprint density at radius 1 is 0.284 bits per heavy atom. The second kappa shape index (κ2) is 73.2. The van der Waals surface area contributed by atoms with E-state index in [1.54, 1.807) is 0 Å². The number of aliphatic hydroxyl groups excluding tert-OH is 1. The van der Waals surface area contributed by atoms with E-state index >= 15 is 0 Å². The molecule has 0 saturated heterocycles. The van der Waals surface area contributed by atoms with Gasteiger partial charge in [-0.15, -0.1) is 0 Å². The van der Waals surface area contributed by atoms with E-state index in [9.17, 15) is 43.2 Å². The summed E-state index contributed by atoms with van der Waals surface area (Å²) >= 11 is 0. The van der Waals surface area contributed by atoms with Crippen LogP contribution in [0.3, 0.4) is 0 Å². The molecule has 0 aliphatic carbocycles. The minimum absolute atomic E-state index is 0.105. The van der Waals surface area contributed by atoms with Gasteiger partial charge in [0.1, 0.15) is 19.3 Å². The van der Waals surface area contributed by atoms with E-state index in [0.717, 1.165) is 108 Å². The van der Waals surface area contributed by atoms with Crippen LogP contribution in [0.2, 0.25) is 0 Å². The van der Waals surface area contributed by atoms with E-state index in [2.05, 4.69) is 48.5 Å². The number of carbonyl (C=O) groups is 4. The number of aliphatic hydroxyl groups is 1. The molecule has 606 valence electrons. The summed E-state index contributed by atoms with van der Waals surface area (Å²) in [5.41, 5.74) is 0. The first-order valence-corrected chi connectivity index (χ1v) is 45.9. The van der Waals surface area contributed by atoms with E-state index in [1.165, 1.54) is 244 Å². The molecule has 102 heavy (non-hydrogen) atoms. The lowest BCUT2D eigenvalue weighted by Crippen LogP contribution is -2.30. The summed E-state index contributed by atoms with van der Waals surface area (Å²) in [7, 11) is -9.92. The van der Waals surface area contributed by atoms with Crippen LogP contribution in [0.15, 0.2) is 0 Å². The van der Waals surface area contributed by atoms with Crippen LogP contribution in [0.1, 0.15) is 434 Å². The lowest BCUT2D eigenvalue weighted by atomic mass is 9.99. The highest BCUT2D eigenvalue weighted by atomic mass is 31.2. The molecule has 19 heteroatoms. The maximum absolute atomic E-state index is 13.1. The van der Waals surface area contributed by atoms with Crippen LogP contribution >= 0.6 is 15.6 Å². The summed E-state index contributed by atoms with van der Waals surface area (Å²) in [5, 5.41) is 10.7. The summed E-state index contributed by atoms with van der Waals surface area (Å²) < 4.78 is 68.8. The molecule has 7 atom stereocenters. The molecule has 0 aromatic rings. The second-order valence-corrected chi connectivity index (χ2v) is 33.7. The Kier molecular flexibility index (Phi) is 71.8. The molecule has 0 heterocycles. The van der Waals surface area contributed by atoms with Gasteiger partial charge in [-0.1, -0.05) is 382 Å². The van der Waals surface area contributed by atoms with Crippen LogP contribution in [0.25, 0.3) is 0 Å². The average molecular weight is 1490 g/mol. The molecule has 0 aliphatic heterocycles. The zero-order valence-electron chi connectivity index (χ0n) is 67.1. The van der Waals surface area contributed by atoms with Crippen LogP contribution in [-0.4, -0.2) is 96.7 Å². The molecule has 0 aromatic heterocycles. The fourth-order valence-corrected chi connectivity index (χ4v) is 14.4. The van der Waals surface area contributed by atoms with Gasteiger partial charge in [0.2, 0.25) is 0 Å². The molecule has 0 amide bonds. The van der Waals surface area contributed by atoms with Gasteiger partial charge in [0, 0.05) is 25.7 Å². The van der Waals surface area contributed by atoms with E-state index in [0.29, 0.717) is 25.7 Å². The minimum Gasteiger partial charge on any atom is -0.462 e. The number of esters is 4. The van der Waals surface area contributed by atoms with Crippen molar-refractivity contribution in [1.82, 2.24) is 0 Å².